The Bertz CT molecular complexity index is 508. The van der Waals surface area contributed by atoms with Gasteiger partial charge in [-0.15, -0.1) is 0 Å². The summed E-state index contributed by atoms with van der Waals surface area (Å²) >= 11 is 0. The zero-order chi connectivity index (χ0) is 14.5. The predicted octanol–water partition coefficient (Wildman–Crippen LogP) is 0.920. The molecule has 0 saturated carbocycles. The zero-order valence-electron chi connectivity index (χ0n) is 11.2. The molecule has 1 aliphatic rings. The van der Waals surface area contributed by atoms with Crippen molar-refractivity contribution in [2.75, 3.05) is 19.0 Å². The maximum atomic E-state index is 11.5. The number of methoxy groups -OCH3 is 1. The molecule has 1 saturated heterocycles. The zero-order valence-corrected chi connectivity index (χ0v) is 11.2. The van der Waals surface area contributed by atoms with Gasteiger partial charge in [0.05, 0.1) is 6.54 Å². The summed E-state index contributed by atoms with van der Waals surface area (Å²) in [6, 6.07) is 7.02. The van der Waals surface area contributed by atoms with Crippen molar-refractivity contribution in [3.8, 4) is 0 Å². The van der Waals surface area contributed by atoms with E-state index in [4.69, 9.17) is 4.74 Å². The first-order valence-electron chi connectivity index (χ1n) is 6.31. The van der Waals surface area contributed by atoms with Crippen LogP contribution < -0.4 is 5.32 Å². The molecule has 1 fully saturated rings. The monoisotopic (exact) mass is 276 g/mol. The van der Waals surface area contributed by atoms with E-state index in [9.17, 15) is 14.4 Å². The number of rotatable bonds is 5. The van der Waals surface area contributed by atoms with Gasteiger partial charge in [-0.1, -0.05) is 12.1 Å². The van der Waals surface area contributed by atoms with Crippen LogP contribution in [0, 0.1) is 0 Å². The number of nitrogens with zero attached hydrogens (tertiary/aromatic N) is 1. The van der Waals surface area contributed by atoms with Gasteiger partial charge in [0, 0.05) is 25.6 Å². The minimum Gasteiger partial charge on any atom is -0.375 e. The van der Waals surface area contributed by atoms with Crippen molar-refractivity contribution < 1.29 is 19.1 Å². The lowest BCUT2D eigenvalue weighted by Crippen LogP contribution is -2.28. The van der Waals surface area contributed by atoms with Crippen LogP contribution in [0.5, 0.6) is 0 Å². The number of nitrogens with one attached hydrogen (secondary N) is 1. The van der Waals surface area contributed by atoms with Crippen LogP contribution >= 0.6 is 0 Å². The molecule has 0 radical (unpaired) electrons. The highest BCUT2D eigenvalue weighted by atomic mass is 16.5. The second kappa shape index (κ2) is 6.29. The maximum Gasteiger partial charge on any atom is 0.250 e. The molecule has 20 heavy (non-hydrogen) atoms. The van der Waals surface area contributed by atoms with Crippen molar-refractivity contribution in [3.63, 3.8) is 0 Å². The molecule has 1 N–H and O–H groups in total. The van der Waals surface area contributed by atoms with Gasteiger partial charge in [0.1, 0.15) is 6.61 Å². The second-order valence-corrected chi connectivity index (χ2v) is 4.55. The summed E-state index contributed by atoms with van der Waals surface area (Å²) < 4.78 is 4.72. The molecule has 6 nitrogen and oxygen atoms in total. The fraction of sp³-hybridized carbons (Fsp3) is 0.357. The Morgan fingerprint density at radius 1 is 1.20 bits per heavy atom. The first-order chi connectivity index (χ1) is 9.60. The van der Waals surface area contributed by atoms with Crippen LogP contribution in [0.15, 0.2) is 24.3 Å². The van der Waals surface area contributed by atoms with E-state index >= 15 is 0 Å². The summed E-state index contributed by atoms with van der Waals surface area (Å²) in [7, 11) is 1.45. The first kappa shape index (κ1) is 14.2. The number of carbonyl (C=O) groups excluding carboxylic acids is 3. The Hall–Kier alpha value is -2.21. The van der Waals surface area contributed by atoms with E-state index in [0.717, 1.165) is 5.56 Å². The molecule has 1 aromatic carbocycles. The average Bonchev–Trinajstić information content (AvgIpc) is 2.73. The summed E-state index contributed by atoms with van der Waals surface area (Å²) in [6.45, 7) is 0.280. The summed E-state index contributed by atoms with van der Waals surface area (Å²) in [5.74, 6) is -0.495. The van der Waals surface area contributed by atoms with Crippen LogP contribution in [-0.4, -0.2) is 36.3 Å². The van der Waals surface area contributed by atoms with E-state index in [0.29, 0.717) is 18.5 Å². The van der Waals surface area contributed by atoms with E-state index in [1.807, 2.05) is 0 Å². The SMILES string of the molecule is COCC(=O)Nc1ccc(CN2C(=O)CCC2=O)cc1. The number of benzene rings is 1. The van der Waals surface area contributed by atoms with Crippen molar-refractivity contribution in [1.82, 2.24) is 4.90 Å². The molecule has 1 heterocycles. The van der Waals surface area contributed by atoms with E-state index in [1.54, 1.807) is 24.3 Å². The molecule has 0 bridgehead atoms. The minimum atomic E-state index is -0.231. The molecule has 0 unspecified atom stereocenters. The fourth-order valence-electron chi connectivity index (χ4n) is 2.00. The van der Waals surface area contributed by atoms with Gasteiger partial charge >= 0.3 is 0 Å². The summed E-state index contributed by atoms with van der Waals surface area (Å²) in [5, 5.41) is 2.67. The van der Waals surface area contributed by atoms with Crippen molar-refractivity contribution >= 4 is 23.4 Å². The van der Waals surface area contributed by atoms with Gasteiger partial charge in [0.2, 0.25) is 17.7 Å². The normalized spacial score (nSPS) is 14.8. The highest BCUT2D eigenvalue weighted by Crippen LogP contribution is 2.17. The number of amides is 3. The van der Waals surface area contributed by atoms with Crippen LogP contribution in [0.1, 0.15) is 18.4 Å². The molecular formula is C14H16N2O4. The van der Waals surface area contributed by atoms with Gasteiger partial charge in [-0.3, -0.25) is 19.3 Å². The molecule has 2 rings (SSSR count). The fourth-order valence-corrected chi connectivity index (χ4v) is 2.00. The maximum absolute atomic E-state index is 11.5. The van der Waals surface area contributed by atoms with Crippen LogP contribution in [0.4, 0.5) is 5.69 Å². The Balaban J connectivity index is 1.96. The van der Waals surface area contributed by atoms with E-state index < -0.39 is 0 Å². The molecule has 0 aliphatic carbocycles. The third-order valence-corrected chi connectivity index (χ3v) is 3.01. The molecule has 0 spiro atoms. The number of ether oxygens (including phenoxy) is 1. The van der Waals surface area contributed by atoms with Gasteiger partial charge < -0.3 is 10.1 Å². The smallest absolute Gasteiger partial charge is 0.250 e. The number of anilines is 1. The van der Waals surface area contributed by atoms with Crippen molar-refractivity contribution in [2.45, 2.75) is 19.4 Å². The molecule has 1 aromatic rings. The van der Waals surface area contributed by atoms with Crippen LogP contribution in [0.2, 0.25) is 0 Å². The third-order valence-electron chi connectivity index (χ3n) is 3.01. The largest absolute Gasteiger partial charge is 0.375 e. The molecule has 0 aromatic heterocycles. The lowest BCUT2D eigenvalue weighted by molar-refractivity contribution is -0.139. The number of hydrogen-bond acceptors (Lipinski definition) is 4. The second-order valence-electron chi connectivity index (χ2n) is 4.55. The lowest BCUT2D eigenvalue weighted by Gasteiger charge is -2.14. The molecule has 106 valence electrons. The molecule has 6 heteroatoms. The van der Waals surface area contributed by atoms with E-state index in [1.165, 1.54) is 12.0 Å². The molecule has 0 atom stereocenters. The molecular weight excluding hydrogens is 260 g/mol. The van der Waals surface area contributed by atoms with Gasteiger partial charge in [-0.25, -0.2) is 0 Å². The van der Waals surface area contributed by atoms with Gasteiger partial charge in [-0.2, -0.15) is 0 Å². The van der Waals surface area contributed by atoms with Gasteiger partial charge in [-0.05, 0) is 17.7 Å². The first-order valence-corrected chi connectivity index (χ1v) is 6.31. The Morgan fingerprint density at radius 3 is 2.35 bits per heavy atom. The Morgan fingerprint density at radius 2 is 1.80 bits per heavy atom. The summed E-state index contributed by atoms with van der Waals surface area (Å²) in [4.78, 5) is 35.6. The van der Waals surface area contributed by atoms with Crippen molar-refractivity contribution in [2.24, 2.45) is 0 Å². The number of carbonyl (C=O) groups is 3. The van der Waals surface area contributed by atoms with Crippen molar-refractivity contribution in [1.29, 1.82) is 0 Å². The quantitative estimate of drug-likeness (QED) is 0.811. The van der Waals surface area contributed by atoms with Gasteiger partial charge in [0.15, 0.2) is 0 Å². The molecule has 3 amide bonds. The highest BCUT2D eigenvalue weighted by Gasteiger charge is 2.28. The third kappa shape index (κ3) is 3.42. The standard InChI is InChI=1S/C14H16N2O4/c1-20-9-12(17)15-11-4-2-10(3-5-11)8-16-13(18)6-7-14(16)19/h2-5H,6-9H2,1H3,(H,15,17). The van der Waals surface area contributed by atoms with Crippen LogP contribution in [0.3, 0.4) is 0 Å². The van der Waals surface area contributed by atoms with E-state index in [2.05, 4.69) is 5.32 Å². The minimum absolute atomic E-state index is 0.00146. The summed E-state index contributed by atoms with van der Waals surface area (Å²) in [5.41, 5.74) is 1.49. The Labute approximate surface area is 116 Å². The Kier molecular flexibility index (Phi) is 4.47. The average molecular weight is 276 g/mol. The highest BCUT2D eigenvalue weighted by molar-refractivity contribution is 6.01. The van der Waals surface area contributed by atoms with Crippen LogP contribution in [-0.2, 0) is 25.7 Å². The number of hydrogen-bond donors (Lipinski definition) is 1. The predicted molar refractivity (Wildman–Crippen MR) is 71.7 cm³/mol. The van der Waals surface area contributed by atoms with Crippen molar-refractivity contribution in [3.05, 3.63) is 29.8 Å². The van der Waals surface area contributed by atoms with Gasteiger partial charge in [0.25, 0.3) is 0 Å². The lowest BCUT2D eigenvalue weighted by atomic mass is 10.2. The topological polar surface area (TPSA) is 75.7 Å². The van der Waals surface area contributed by atoms with Crippen LogP contribution in [0.25, 0.3) is 0 Å². The number of imide groups is 1. The van der Waals surface area contributed by atoms with E-state index in [-0.39, 0.29) is 30.9 Å². The number of likely N-dealkylation sites (tertiary alicyclic amines) is 1. The summed E-state index contributed by atoms with van der Waals surface area (Å²) in [6.07, 6.45) is 0.591. The molecule has 1 aliphatic heterocycles.